The summed E-state index contributed by atoms with van der Waals surface area (Å²) >= 11 is 1.42. The predicted molar refractivity (Wildman–Crippen MR) is 120 cm³/mol. The van der Waals surface area contributed by atoms with Crippen LogP contribution in [0.15, 0.2) is 76.2 Å². The molecule has 2 aromatic carbocycles. The van der Waals surface area contributed by atoms with Gasteiger partial charge in [0.05, 0.1) is 27.2 Å². The summed E-state index contributed by atoms with van der Waals surface area (Å²) in [6.45, 7) is 2.02. The van der Waals surface area contributed by atoms with Crippen LogP contribution in [0.3, 0.4) is 0 Å². The van der Waals surface area contributed by atoms with E-state index in [2.05, 4.69) is 4.98 Å². The van der Waals surface area contributed by atoms with E-state index in [1.54, 1.807) is 47.6 Å². The van der Waals surface area contributed by atoms with Gasteiger partial charge in [-0.05, 0) is 48.4 Å². The summed E-state index contributed by atoms with van der Waals surface area (Å²) in [7, 11) is 0. The van der Waals surface area contributed by atoms with Crippen molar-refractivity contribution in [2.75, 3.05) is 4.90 Å². The van der Waals surface area contributed by atoms with Crippen LogP contribution < -0.4 is 10.3 Å². The fourth-order valence-electron chi connectivity index (χ4n) is 4.09. The number of pyridine rings is 1. The molecule has 31 heavy (non-hydrogen) atoms. The number of aryl methyl sites for hydroxylation is 1. The minimum Gasteiger partial charge on any atom is -0.450 e. The Bertz CT molecular complexity index is 1560. The number of para-hydroxylation sites is 1. The van der Waals surface area contributed by atoms with Crippen LogP contribution in [0, 0.1) is 6.92 Å². The zero-order chi connectivity index (χ0) is 21.1. The Morgan fingerprint density at radius 2 is 1.94 bits per heavy atom. The topological polar surface area (TPSA) is 76.3 Å². The molecular weight excluding hydrogens is 410 g/mol. The molecule has 0 bridgehead atoms. The number of carbonyl (C=O) groups excluding carboxylic acids is 1. The number of rotatable bonds is 2. The maximum absolute atomic E-state index is 13.6. The lowest BCUT2D eigenvalue weighted by Gasteiger charge is -2.22. The van der Waals surface area contributed by atoms with Crippen LogP contribution in [0.5, 0.6) is 0 Å². The van der Waals surface area contributed by atoms with E-state index >= 15 is 0 Å². The molecule has 0 saturated heterocycles. The number of hydrogen-bond donors (Lipinski definition) is 0. The minimum atomic E-state index is -0.654. The van der Waals surface area contributed by atoms with Crippen LogP contribution in [-0.4, -0.2) is 15.9 Å². The first-order chi connectivity index (χ1) is 15.1. The number of fused-ring (bicyclic) bond motifs is 3. The van der Waals surface area contributed by atoms with Gasteiger partial charge in [-0.15, -0.1) is 0 Å². The SMILES string of the molecule is Cc1ccc2nc(N3C(=O)c4oc5ccccc5c(=O)c4[C@H]3c3cccnc3)sc2c1. The largest absolute Gasteiger partial charge is 0.450 e. The molecule has 0 N–H and O–H groups in total. The van der Waals surface area contributed by atoms with Crippen LogP contribution in [0.4, 0.5) is 5.13 Å². The number of nitrogens with zero attached hydrogens (tertiary/aromatic N) is 3. The first kappa shape index (κ1) is 18.0. The van der Waals surface area contributed by atoms with E-state index in [0.717, 1.165) is 21.3 Å². The van der Waals surface area contributed by atoms with Crippen molar-refractivity contribution in [2.45, 2.75) is 13.0 Å². The summed E-state index contributed by atoms with van der Waals surface area (Å²) in [5, 5.41) is 0.971. The third-order valence-corrected chi connectivity index (χ3v) is 6.53. The van der Waals surface area contributed by atoms with E-state index in [1.165, 1.54) is 11.3 Å². The van der Waals surface area contributed by atoms with Gasteiger partial charge in [-0.25, -0.2) is 4.98 Å². The van der Waals surface area contributed by atoms with Gasteiger partial charge < -0.3 is 4.42 Å². The Labute approximate surface area is 180 Å². The first-order valence-electron chi connectivity index (χ1n) is 9.78. The van der Waals surface area contributed by atoms with Crippen molar-refractivity contribution >= 4 is 43.6 Å². The molecule has 1 atom stereocenters. The van der Waals surface area contributed by atoms with Crippen molar-refractivity contribution in [3.63, 3.8) is 0 Å². The maximum Gasteiger partial charge on any atom is 0.297 e. The third kappa shape index (κ3) is 2.63. The van der Waals surface area contributed by atoms with Gasteiger partial charge in [0.25, 0.3) is 5.91 Å². The van der Waals surface area contributed by atoms with Crippen LogP contribution in [-0.2, 0) is 0 Å². The molecule has 0 radical (unpaired) electrons. The third-order valence-electron chi connectivity index (χ3n) is 5.52. The van der Waals surface area contributed by atoms with Gasteiger partial charge in [-0.2, -0.15) is 0 Å². The Hall–Kier alpha value is -3.84. The molecule has 5 aromatic rings. The van der Waals surface area contributed by atoms with E-state index < -0.39 is 6.04 Å². The van der Waals surface area contributed by atoms with Gasteiger partial charge in [0.1, 0.15) is 5.58 Å². The van der Waals surface area contributed by atoms with Crippen molar-refractivity contribution in [1.82, 2.24) is 9.97 Å². The number of thiazole rings is 1. The van der Waals surface area contributed by atoms with Crippen LogP contribution in [0.1, 0.15) is 33.3 Å². The Kier molecular flexibility index (Phi) is 3.82. The summed E-state index contributed by atoms with van der Waals surface area (Å²) in [6, 6.07) is 16.0. The molecule has 4 heterocycles. The lowest BCUT2D eigenvalue weighted by Crippen LogP contribution is -2.29. The fraction of sp³-hybridized carbons (Fsp3) is 0.0833. The van der Waals surface area contributed by atoms with Gasteiger partial charge in [0.2, 0.25) is 5.76 Å². The molecule has 3 aromatic heterocycles. The number of anilines is 1. The molecule has 1 aliphatic heterocycles. The van der Waals surface area contributed by atoms with E-state index in [0.29, 0.717) is 21.7 Å². The quantitative estimate of drug-likeness (QED) is 0.404. The van der Waals surface area contributed by atoms with Gasteiger partial charge in [0, 0.05) is 12.4 Å². The predicted octanol–water partition coefficient (Wildman–Crippen LogP) is 4.86. The second kappa shape index (κ2) is 6.58. The summed E-state index contributed by atoms with van der Waals surface area (Å²) in [4.78, 5) is 37.5. The summed E-state index contributed by atoms with van der Waals surface area (Å²) in [5.41, 5.74) is 3.17. The smallest absolute Gasteiger partial charge is 0.297 e. The zero-order valence-corrected chi connectivity index (χ0v) is 17.2. The average Bonchev–Trinajstić information content (AvgIpc) is 3.33. The van der Waals surface area contributed by atoms with Crippen molar-refractivity contribution in [3.8, 4) is 0 Å². The summed E-state index contributed by atoms with van der Waals surface area (Å²) in [5.74, 6) is -0.310. The standard InChI is InChI=1S/C24H15N3O3S/c1-13-8-9-16-18(11-13)31-24(26-16)27-20(14-5-4-10-25-12-14)19-21(28)15-6-2-3-7-17(15)30-22(19)23(27)29/h2-12,20H,1H3/t20-/m1/s1. The lowest BCUT2D eigenvalue weighted by molar-refractivity contribution is 0.0971. The highest BCUT2D eigenvalue weighted by atomic mass is 32.1. The second-order valence-electron chi connectivity index (χ2n) is 7.50. The van der Waals surface area contributed by atoms with Crippen molar-refractivity contribution in [2.24, 2.45) is 0 Å². The molecule has 6 rings (SSSR count). The van der Waals surface area contributed by atoms with Gasteiger partial charge in [-0.3, -0.25) is 19.5 Å². The molecule has 0 saturated carbocycles. The number of aromatic nitrogens is 2. The van der Waals surface area contributed by atoms with E-state index in [-0.39, 0.29) is 17.1 Å². The van der Waals surface area contributed by atoms with Crippen molar-refractivity contribution in [1.29, 1.82) is 0 Å². The molecule has 1 aliphatic rings. The highest BCUT2D eigenvalue weighted by Gasteiger charge is 2.45. The molecule has 0 unspecified atom stereocenters. The maximum atomic E-state index is 13.6. The Morgan fingerprint density at radius 3 is 2.77 bits per heavy atom. The Morgan fingerprint density at radius 1 is 1.06 bits per heavy atom. The average molecular weight is 425 g/mol. The van der Waals surface area contributed by atoms with E-state index in [9.17, 15) is 9.59 Å². The van der Waals surface area contributed by atoms with E-state index in [4.69, 9.17) is 9.40 Å². The number of hydrogen-bond acceptors (Lipinski definition) is 6. The Balaban J connectivity index is 1.64. The molecular formula is C24H15N3O3S. The van der Waals surface area contributed by atoms with Crippen molar-refractivity contribution < 1.29 is 9.21 Å². The van der Waals surface area contributed by atoms with E-state index in [1.807, 2.05) is 31.2 Å². The van der Waals surface area contributed by atoms with Crippen LogP contribution >= 0.6 is 11.3 Å². The fourth-order valence-corrected chi connectivity index (χ4v) is 5.18. The molecule has 150 valence electrons. The van der Waals surface area contributed by atoms with Gasteiger partial charge in [0.15, 0.2) is 10.6 Å². The normalized spacial score (nSPS) is 15.7. The van der Waals surface area contributed by atoms with Crippen LogP contribution in [0.2, 0.25) is 0 Å². The van der Waals surface area contributed by atoms with Gasteiger partial charge in [-0.1, -0.05) is 35.6 Å². The molecule has 7 heteroatoms. The molecule has 6 nitrogen and oxygen atoms in total. The molecule has 0 fully saturated rings. The first-order valence-corrected chi connectivity index (χ1v) is 10.6. The highest BCUT2D eigenvalue weighted by Crippen LogP contribution is 2.43. The second-order valence-corrected chi connectivity index (χ2v) is 8.51. The van der Waals surface area contributed by atoms with Gasteiger partial charge >= 0.3 is 0 Å². The van der Waals surface area contributed by atoms with Crippen molar-refractivity contribution in [3.05, 3.63) is 99.7 Å². The van der Waals surface area contributed by atoms with Crippen LogP contribution in [0.25, 0.3) is 21.2 Å². The lowest BCUT2D eigenvalue weighted by atomic mass is 10.0. The summed E-state index contributed by atoms with van der Waals surface area (Å²) < 4.78 is 6.94. The number of benzene rings is 2. The molecule has 0 spiro atoms. The molecule has 0 aliphatic carbocycles. The minimum absolute atomic E-state index is 0.0630. The number of amides is 1. The number of carbonyl (C=O) groups is 1. The monoisotopic (exact) mass is 425 g/mol. The molecule has 1 amide bonds. The zero-order valence-electron chi connectivity index (χ0n) is 16.4. The summed E-state index contributed by atoms with van der Waals surface area (Å²) in [6.07, 6.45) is 3.33. The highest BCUT2D eigenvalue weighted by molar-refractivity contribution is 7.22.